The molecule has 10 aromatic rings. The standard InChI is InChI=1S/C57H38N2/c1-37-47-31-29-41-15-11-12-20-48(41)55(47)52(40-13-5-2-6-14-40)36-50(37)42-25-21-38(22-26-42)39-23-27-43(28-24-39)51-35-46-30-33-53(44-16-7-3-8-17-44)58-56(46)57-49(51)32-34-54(59-57)45-18-9-4-10-19-45/h2-36,50H,1H2. The second kappa shape index (κ2) is 14.4. The van der Waals surface area contributed by atoms with E-state index in [1.807, 2.05) is 12.1 Å². The number of rotatable bonds is 6. The van der Waals surface area contributed by atoms with Crippen molar-refractivity contribution in [1.29, 1.82) is 0 Å². The molecule has 0 saturated heterocycles. The molecule has 0 aliphatic heterocycles. The van der Waals surface area contributed by atoms with Crippen molar-refractivity contribution in [2.45, 2.75) is 5.92 Å². The van der Waals surface area contributed by atoms with Crippen molar-refractivity contribution in [2.24, 2.45) is 0 Å². The summed E-state index contributed by atoms with van der Waals surface area (Å²) in [7, 11) is 0. The summed E-state index contributed by atoms with van der Waals surface area (Å²) in [6.45, 7) is 4.69. The minimum Gasteiger partial charge on any atom is -0.245 e. The van der Waals surface area contributed by atoms with Gasteiger partial charge in [0.15, 0.2) is 0 Å². The molecule has 0 amide bonds. The topological polar surface area (TPSA) is 25.8 Å². The third-order valence-electron chi connectivity index (χ3n) is 11.9. The summed E-state index contributed by atoms with van der Waals surface area (Å²) in [4.78, 5) is 10.5. The lowest BCUT2D eigenvalue weighted by Gasteiger charge is -2.29. The largest absolute Gasteiger partial charge is 0.245 e. The Morgan fingerprint density at radius 1 is 0.373 bits per heavy atom. The molecular formula is C57H38N2. The van der Waals surface area contributed by atoms with E-state index in [0.717, 1.165) is 61.0 Å². The second-order valence-corrected chi connectivity index (χ2v) is 15.4. The number of nitrogens with zero attached hydrogens (tertiary/aromatic N) is 2. The van der Waals surface area contributed by atoms with Crippen LogP contribution in [0.25, 0.3) is 88.5 Å². The first-order chi connectivity index (χ1) is 29.2. The monoisotopic (exact) mass is 750 g/mol. The molecule has 8 aromatic carbocycles. The Labute approximate surface area is 344 Å². The van der Waals surface area contributed by atoms with Gasteiger partial charge in [-0.3, -0.25) is 0 Å². The summed E-state index contributed by atoms with van der Waals surface area (Å²) in [5.41, 5.74) is 17.8. The third kappa shape index (κ3) is 6.14. The normalized spacial score (nSPS) is 13.7. The Hall–Kier alpha value is -7.68. The van der Waals surface area contributed by atoms with Gasteiger partial charge in [-0.1, -0.05) is 195 Å². The molecule has 2 aromatic heterocycles. The van der Waals surface area contributed by atoms with Gasteiger partial charge in [-0.15, -0.1) is 0 Å². The fourth-order valence-corrected chi connectivity index (χ4v) is 8.87. The smallest absolute Gasteiger partial charge is 0.0978 e. The van der Waals surface area contributed by atoms with Crippen LogP contribution in [0.4, 0.5) is 0 Å². The fraction of sp³-hybridized carbons (Fsp3) is 0.0175. The number of hydrogen-bond acceptors (Lipinski definition) is 2. The maximum absolute atomic E-state index is 5.29. The maximum atomic E-state index is 5.29. The van der Waals surface area contributed by atoms with Crippen molar-refractivity contribution in [2.75, 3.05) is 0 Å². The first kappa shape index (κ1) is 34.6. The number of aromatic nitrogens is 2. The van der Waals surface area contributed by atoms with E-state index in [1.54, 1.807) is 0 Å². The Morgan fingerprint density at radius 2 is 0.915 bits per heavy atom. The molecule has 1 aliphatic carbocycles. The Balaban J connectivity index is 0.952. The Morgan fingerprint density at radius 3 is 1.59 bits per heavy atom. The molecule has 0 radical (unpaired) electrons. The predicted octanol–water partition coefficient (Wildman–Crippen LogP) is 14.8. The van der Waals surface area contributed by atoms with Gasteiger partial charge in [-0.05, 0) is 90.7 Å². The molecule has 0 spiro atoms. The third-order valence-corrected chi connectivity index (χ3v) is 11.9. The molecule has 1 unspecified atom stereocenters. The predicted molar refractivity (Wildman–Crippen MR) is 248 cm³/mol. The number of pyridine rings is 2. The molecule has 2 heterocycles. The summed E-state index contributed by atoms with van der Waals surface area (Å²) in [5.74, 6) is 0.0609. The van der Waals surface area contributed by atoms with Crippen LogP contribution in [-0.4, -0.2) is 9.97 Å². The number of benzene rings is 8. The van der Waals surface area contributed by atoms with Crippen LogP contribution in [0.5, 0.6) is 0 Å². The lowest BCUT2D eigenvalue weighted by atomic mass is 9.75. The summed E-state index contributed by atoms with van der Waals surface area (Å²) >= 11 is 0. The van der Waals surface area contributed by atoms with Crippen LogP contribution in [0.3, 0.4) is 0 Å². The van der Waals surface area contributed by atoms with Crippen LogP contribution < -0.4 is 0 Å². The SMILES string of the molecule is C=C1c2ccc3ccccc3c2C(c2ccccc2)=CC1c1ccc(-c2ccc(-c3cc4ccc(-c5ccccc5)nc4c4nc(-c5ccccc5)ccc34)cc2)cc1. The zero-order chi connectivity index (χ0) is 39.3. The molecule has 11 rings (SSSR count). The maximum Gasteiger partial charge on any atom is 0.0978 e. The molecule has 0 bridgehead atoms. The number of fused-ring (bicyclic) bond motifs is 6. The lowest BCUT2D eigenvalue weighted by Crippen LogP contribution is -2.09. The van der Waals surface area contributed by atoms with Gasteiger partial charge in [0.2, 0.25) is 0 Å². The molecule has 2 heteroatoms. The summed E-state index contributed by atoms with van der Waals surface area (Å²) < 4.78 is 0. The van der Waals surface area contributed by atoms with E-state index in [-0.39, 0.29) is 5.92 Å². The van der Waals surface area contributed by atoms with Crippen molar-refractivity contribution in [1.82, 2.24) is 9.97 Å². The van der Waals surface area contributed by atoms with Crippen molar-refractivity contribution in [3.05, 3.63) is 241 Å². The van der Waals surface area contributed by atoms with E-state index in [0.29, 0.717) is 0 Å². The molecule has 1 aliphatic rings. The first-order valence-corrected chi connectivity index (χ1v) is 20.2. The van der Waals surface area contributed by atoms with Gasteiger partial charge in [0, 0.05) is 27.8 Å². The van der Waals surface area contributed by atoms with Crippen molar-refractivity contribution >= 4 is 43.7 Å². The fourth-order valence-electron chi connectivity index (χ4n) is 8.87. The zero-order valence-electron chi connectivity index (χ0n) is 32.4. The minimum absolute atomic E-state index is 0.0609. The van der Waals surface area contributed by atoms with Gasteiger partial charge >= 0.3 is 0 Å². The molecule has 59 heavy (non-hydrogen) atoms. The van der Waals surface area contributed by atoms with Gasteiger partial charge in [-0.2, -0.15) is 0 Å². The molecule has 1 atom stereocenters. The number of allylic oxidation sites excluding steroid dienone is 2. The van der Waals surface area contributed by atoms with Crippen molar-refractivity contribution < 1.29 is 0 Å². The van der Waals surface area contributed by atoms with Crippen LogP contribution >= 0.6 is 0 Å². The highest BCUT2D eigenvalue weighted by Gasteiger charge is 2.27. The highest BCUT2D eigenvalue weighted by molar-refractivity contribution is 6.11. The lowest BCUT2D eigenvalue weighted by molar-refractivity contribution is 1.09. The van der Waals surface area contributed by atoms with E-state index in [1.165, 1.54) is 49.7 Å². The van der Waals surface area contributed by atoms with E-state index in [2.05, 4.69) is 200 Å². The van der Waals surface area contributed by atoms with E-state index < -0.39 is 0 Å². The van der Waals surface area contributed by atoms with Crippen LogP contribution in [0.1, 0.15) is 28.2 Å². The van der Waals surface area contributed by atoms with Crippen LogP contribution in [0.2, 0.25) is 0 Å². The van der Waals surface area contributed by atoms with E-state index in [9.17, 15) is 0 Å². The quantitative estimate of drug-likeness (QED) is 0.158. The highest BCUT2D eigenvalue weighted by atomic mass is 14.8. The van der Waals surface area contributed by atoms with Crippen LogP contribution in [-0.2, 0) is 0 Å². The zero-order valence-corrected chi connectivity index (χ0v) is 32.4. The number of hydrogen-bond donors (Lipinski definition) is 0. The van der Waals surface area contributed by atoms with Gasteiger partial charge in [0.1, 0.15) is 0 Å². The summed E-state index contributed by atoms with van der Waals surface area (Å²) in [6.07, 6.45) is 2.42. The Kier molecular flexibility index (Phi) is 8.41. The molecular weight excluding hydrogens is 713 g/mol. The van der Waals surface area contributed by atoms with Gasteiger partial charge in [0.05, 0.1) is 22.4 Å². The highest BCUT2D eigenvalue weighted by Crippen LogP contribution is 2.47. The molecule has 0 N–H and O–H groups in total. The second-order valence-electron chi connectivity index (χ2n) is 15.4. The van der Waals surface area contributed by atoms with Crippen molar-refractivity contribution in [3.8, 4) is 44.8 Å². The first-order valence-electron chi connectivity index (χ1n) is 20.2. The average molecular weight is 751 g/mol. The minimum atomic E-state index is 0.0609. The van der Waals surface area contributed by atoms with Crippen molar-refractivity contribution in [3.63, 3.8) is 0 Å². The van der Waals surface area contributed by atoms with E-state index >= 15 is 0 Å². The Bertz CT molecular complexity index is 3240. The van der Waals surface area contributed by atoms with Crippen LogP contribution in [0.15, 0.2) is 219 Å². The summed E-state index contributed by atoms with van der Waals surface area (Å²) in [6, 6.07) is 73.5. The van der Waals surface area contributed by atoms with Crippen LogP contribution in [0, 0.1) is 0 Å². The van der Waals surface area contributed by atoms with Gasteiger partial charge in [0.25, 0.3) is 0 Å². The average Bonchev–Trinajstić information content (AvgIpc) is 3.32. The molecule has 2 nitrogen and oxygen atoms in total. The molecule has 0 saturated carbocycles. The molecule has 276 valence electrons. The van der Waals surface area contributed by atoms with Gasteiger partial charge in [-0.25, -0.2) is 9.97 Å². The van der Waals surface area contributed by atoms with E-state index in [4.69, 9.17) is 16.5 Å². The molecule has 0 fully saturated rings. The van der Waals surface area contributed by atoms with Gasteiger partial charge < -0.3 is 0 Å². The summed E-state index contributed by atoms with van der Waals surface area (Å²) in [5, 5.41) is 4.65.